The number of rotatable bonds is 4. The molecule has 0 atom stereocenters. The standard InChI is InChI=1S/C13H19N5OS.HI/c1-8-12(9(2)19-18-8)7-17-13(14-4)16-6-11-5-15-10(3)20-11;/h5H,6-7H2,1-4H3,(H2,14,16,17);1H. The van der Waals surface area contributed by atoms with Gasteiger partial charge in [-0.1, -0.05) is 5.16 Å². The summed E-state index contributed by atoms with van der Waals surface area (Å²) < 4.78 is 5.14. The molecule has 2 rings (SSSR count). The molecule has 2 N–H and O–H groups in total. The summed E-state index contributed by atoms with van der Waals surface area (Å²) in [4.78, 5) is 9.61. The van der Waals surface area contributed by atoms with Gasteiger partial charge in [0, 0.05) is 30.2 Å². The summed E-state index contributed by atoms with van der Waals surface area (Å²) in [6, 6.07) is 0. The van der Waals surface area contributed by atoms with Crippen LogP contribution in [0.3, 0.4) is 0 Å². The Morgan fingerprint density at radius 3 is 2.52 bits per heavy atom. The number of hydrogen-bond donors (Lipinski definition) is 2. The predicted molar refractivity (Wildman–Crippen MR) is 95.3 cm³/mol. The third-order valence-electron chi connectivity index (χ3n) is 2.94. The molecule has 0 aliphatic carbocycles. The van der Waals surface area contributed by atoms with E-state index in [1.165, 1.54) is 4.88 Å². The summed E-state index contributed by atoms with van der Waals surface area (Å²) in [5.74, 6) is 1.58. The molecule has 0 fully saturated rings. The maximum absolute atomic E-state index is 5.14. The van der Waals surface area contributed by atoms with Crippen molar-refractivity contribution in [1.82, 2.24) is 20.8 Å². The van der Waals surface area contributed by atoms with Crippen LogP contribution in [0.2, 0.25) is 0 Å². The number of nitrogens with zero attached hydrogens (tertiary/aromatic N) is 3. The van der Waals surface area contributed by atoms with Crippen molar-refractivity contribution in [2.75, 3.05) is 7.05 Å². The van der Waals surface area contributed by atoms with Gasteiger partial charge in [0.1, 0.15) is 5.76 Å². The summed E-state index contributed by atoms with van der Waals surface area (Å²) in [5.41, 5.74) is 1.98. The molecular formula is C13H20IN5OS. The van der Waals surface area contributed by atoms with Crippen molar-refractivity contribution in [3.05, 3.63) is 33.1 Å². The van der Waals surface area contributed by atoms with Crippen molar-refractivity contribution in [3.63, 3.8) is 0 Å². The van der Waals surface area contributed by atoms with Gasteiger partial charge in [-0.15, -0.1) is 35.3 Å². The number of aliphatic imine (C=N–C) groups is 1. The van der Waals surface area contributed by atoms with Crippen molar-refractivity contribution in [3.8, 4) is 0 Å². The van der Waals surface area contributed by atoms with E-state index in [-0.39, 0.29) is 24.0 Å². The van der Waals surface area contributed by atoms with Crippen LogP contribution in [0, 0.1) is 20.8 Å². The van der Waals surface area contributed by atoms with Crippen LogP contribution in [0.15, 0.2) is 15.7 Å². The monoisotopic (exact) mass is 421 g/mol. The van der Waals surface area contributed by atoms with E-state index in [0.29, 0.717) is 13.1 Å². The van der Waals surface area contributed by atoms with Crippen molar-refractivity contribution in [2.45, 2.75) is 33.9 Å². The first kappa shape index (κ1) is 17.9. The highest BCUT2D eigenvalue weighted by atomic mass is 127. The third kappa shape index (κ3) is 4.95. The van der Waals surface area contributed by atoms with E-state index in [1.807, 2.05) is 27.0 Å². The highest BCUT2D eigenvalue weighted by Gasteiger charge is 2.09. The maximum atomic E-state index is 5.14. The lowest BCUT2D eigenvalue weighted by Gasteiger charge is -2.10. The minimum Gasteiger partial charge on any atom is -0.361 e. The van der Waals surface area contributed by atoms with Crippen molar-refractivity contribution >= 4 is 41.3 Å². The normalized spacial score (nSPS) is 11.1. The Labute approximate surface area is 145 Å². The van der Waals surface area contributed by atoms with E-state index in [0.717, 1.165) is 28.0 Å². The lowest BCUT2D eigenvalue weighted by Crippen LogP contribution is -2.36. The van der Waals surface area contributed by atoms with Crippen LogP contribution in [-0.4, -0.2) is 23.1 Å². The summed E-state index contributed by atoms with van der Waals surface area (Å²) in [5, 5.41) is 11.5. The number of guanidine groups is 1. The van der Waals surface area contributed by atoms with E-state index in [4.69, 9.17) is 4.52 Å². The van der Waals surface area contributed by atoms with Crippen molar-refractivity contribution in [2.24, 2.45) is 4.99 Å². The van der Waals surface area contributed by atoms with E-state index < -0.39 is 0 Å². The van der Waals surface area contributed by atoms with Gasteiger partial charge in [-0.25, -0.2) is 4.98 Å². The summed E-state index contributed by atoms with van der Waals surface area (Å²) >= 11 is 1.68. The maximum Gasteiger partial charge on any atom is 0.191 e. The van der Waals surface area contributed by atoms with E-state index in [9.17, 15) is 0 Å². The SMILES string of the molecule is CN=C(NCc1cnc(C)s1)NCc1c(C)noc1C.I. The largest absolute Gasteiger partial charge is 0.361 e. The molecule has 0 bridgehead atoms. The first-order valence-electron chi connectivity index (χ1n) is 6.37. The molecule has 0 saturated carbocycles. The Kier molecular flexibility index (Phi) is 7.09. The van der Waals surface area contributed by atoms with E-state index >= 15 is 0 Å². The molecule has 0 aliphatic heterocycles. The van der Waals surface area contributed by atoms with Gasteiger partial charge in [0.15, 0.2) is 5.96 Å². The molecular weight excluding hydrogens is 401 g/mol. The average molecular weight is 421 g/mol. The number of halogens is 1. The molecule has 0 unspecified atom stereocenters. The fourth-order valence-corrected chi connectivity index (χ4v) is 2.54. The van der Waals surface area contributed by atoms with E-state index in [2.05, 4.69) is 25.8 Å². The fourth-order valence-electron chi connectivity index (χ4n) is 1.80. The minimum atomic E-state index is 0. The second kappa shape index (κ2) is 8.32. The number of aromatic nitrogens is 2. The molecule has 0 aromatic carbocycles. The zero-order valence-electron chi connectivity index (χ0n) is 12.6. The molecule has 0 radical (unpaired) electrons. The first-order chi connectivity index (χ1) is 9.60. The Hall–Kier alpha value is -1.16. The van der Waals surface area contributed by atoms with Crippen LogP contribution >= 0.6 is 35.3 Å². The van der Waals surface area contributed by atoms with Crippen LogP contribution in [-0.2, 0) is 13.1 Å². The predicted octanol–water partition coefficient (Wildman–Crippen LogP) is 2.54. The van der Waals surface area contributed by atoms with Crippen LogP contribution < -0.4 is 10.6 Å². The molecule has 2 aromatic heterocycles. The number of hydrogen-bond acceptors (Lipinski definition) is 5. The van der Waals surface area contributed by atoms with Gasteiger partial charge >= 0.3 is 0 Å². The smallest absolute Gasteiger partial charge is 0.191 e. The third-order valence-corrected chi connectivity index (χ3v) is 3.85. The second-order valence-electron chi connectivity index (χ2n) is 4.43. The molecule has 116 valence electrons. The molecule has 0 amide bonds. The van der Waals surface area contributed by atoms with Gasteiger partial charge in [-0.3, -0.25) is 4.99 Å². The zero-order chi connectivity index (χ0) is 14.5. The first-order valence-corrected chi connectivity index (χ1v) is 7.19. The molecule has 0 spiro atoms. The molecule has 6 nitrogen and oxygen atoms in total. The van der Waals surface area contributed by atoms with Gasteiger partial charge < -0.3 is 15.2 Å². The lowest BCUT2D eigenvalue weighted by atomic mass is 10.2. The Morgan fingerprint density at radius 2 is 2.00 bits per heavy atom. The number of aryl methyl sites for hydroxylation is 3. The quantitative estimate of drug-likeness (QED) is 0.451. The van der Waals surface area contributed by atoms with Crippen molar-refractivity contribution < 1.29 is 4.52 Å². The second-order valence-corrected chi connectivity index (χ2v) is 5.75. The average Bonchev–Trinajstić information content (AvgIpc) is 2.98. The Bertz CT molecular complexity index is 588. The zero-order valence-corrected chi connectivity index (χ0v) is 15.7. The molecule has 21 heavy (non-hydrogen) atoms. The molecule has 2 heterocycles. The fraction of sp³-hybridized carbons (Fsp3) is 0.462. The van der Waals surface area contributed by atoms with Crippen molar-refractivity contribution in [1.29, 1.82) is 0 Å². The highest BCUT2D eigenvalue weighted by Crippen LogP contribution is 2.12. The number of nitrogens with one attached hydrogen (secondary N) is 2. The van der Waals surface area contributed by atoms with Gasteiger partial charge in [-0.2, -0.15) is 0 Å². The minimum absolute atomic E-state index is 0. The molecule has 0 aliphatic rings. The van der Waals surface area contributed by atoms with Crippen LogP contribution in [0.1, 0.15) is 26.9 Å². The van der Waals surface area contributed by atoms with Gasteiger partial charge in [0.2, 0.25) is 0 Å². The summed E-state index contributed by atoms with van der Waals surface area (Å²) in [7, 11) is 1.75. The van der Waals surface area contributed by atoms with Gasteiger partial charge in [0.25, 0.3) is 0 Å². The van der Waals surface area contributed by atoms with Gasteiger partial charge in [-0.05, 0) is 20.8 Å². The molecule has 2 aromatic rings. The van der Waals surface area contributed by atoms with Crippen LogP contribution in [0.4, 0.5) is 0 Å². The molecule has 0 saturated heterocycles. The Balaban J connectivity index is 0.00000220. The summed E-state index contributed by atoms with van der Waals surface area (Å²) in [6.07, 6.45) is 1.88. The lowest BCUT2D eigenvalue weighted by molar-refractivity contribution is 0.392. The van der Waals surface area contributed by atoms with E-state index in [1.54, 1.807) is 18.4 Å². The Morgan fingerprint density at radius 1 is 1.29 bits per heavy atom. The van der Waals surface area contributed by atoms with Gasteiger partial charge in [0.05, 0.1) is 17.2 Å². The molecule has 8 heteroatoms. The highest BCUT2D eigenvalue weighted by molar-refractivity contribution is 14.0. The van der Waals surface area contributed by atoms with Crippen LogP contribution in [0.5, 0.6) is 0 Å². The number of thiazole rings is 1. The van der Waals surface area contributed by atoms with Crippen LogP contribution in [0.25, 0.3) is 0 Å². The summed E-state index contributed by atoms with van der Waals surface area (Å²) in [6.45, 7) is 7.20. The topological polar surface area (TPSA) is 75.3 Å².